The van der Waals surface area contributed by atoms with Crippen LogP contribution in [-0.4, -0.2) is 37.3 Å². The van der Waals surface area contributed by atoms with Crippen molar-refractivity contribution in [2.45, 2.75) is 6.92 Å². The van der Waals surface area contributed by atoms with Gasteiger partial charge in [0.15, 0.2) is 0 Å². The molecule has 120 valence electrons. The van der Waals surface area contributed by atoms with E-state index < -0.39 is 5.97 Å². The van der Waals surface area contributed by atoms with Crippen LogP contribution in [-0.2, 0) is 4.74 Å². The Morgan fingerprint density at radius 3 is 2.87 bits per heavy atom. The van der Waals surface area contributed by atoms with Crippen molar-refractivity contribution in [1.29, 1.82) is 0 Å². The summed E-state index contributed by atoms with van der Waals surface area (Å²) in [7, 11) is 0. The number of morpholine rings is 1. The number of ether oxygens (including phenoxy) is 2. The molecule has 2 aromatic rings. The van der Waals surface area contributed by atoms with Crippen molar-refractivity contribution in [2.75, 3.05) is 31.2 Å². The molecular weight excluding hydrogens is 316 g/mol. The fraction of sp³-hybridized carbons (Fsp3) is 0.294. The third-order valence-corrected chi connectivity index (χ3v) is 3.92. The van der Waals surface area contributed by atoms with E-state index in [1.807, 2.05) is 17.9 Å². The van der Waals surface area contributed by atoms with E-state index in [0.717, 1.165) is 5.56 Å². The number of hydrogen-bond donors (Lipinski definition) is 0. The molecule has 0 bridgehead atoms. The van der Waals surface area contributed by atoms with Gasteiger partial charge in [0.25, 0.3) is 0 Å². The Labute approximate surface area is 139 Å². The third-order valence-electron chi connectivity index (χ3n) is 3.61. The molecule has 0 amide bonds. The number of esters is 1. The predicted octanol–water partition coefficient (Wildman–Crippen LogP) is 3.10. The summed E-state index contributed by atoms with van der Waals surface area (Å²) in [5.74, 6) is 0.505. The Kier molecular flexibility index (Phi) is 4.79. The number of halogens is 1. The van der Waals surface area contributed by atoms with Crippen LogP contribution in [0.5, 0.6) is 5.75 Å². The van der Waals surface area contributed by atoms with Crippen molar-refractivity contribution in [3.63, 3.8) is 0 Å². The van der Waals surface area contributed by atoms with Gasteiger partial charge in [0.1, 0.15) is 17.1 Å². The van der Waals surface area contributed by atoms with Crippen molar-refractivity contribution < 1.29 is 14.3 Å². The number of anilines is 1. The standard InChI is InChI=1S/C17H17ClN2O3/c1-12-4-5-14(18)15(11-12)23-17(21)13-3-2-6-19-16(13)20-7-9-22-10-8-20/h2-6,11H,7-10H2,1H3. The normalized spacial score (nSPS) is 14.6. The largest absolute Gasteiger partial charge is 0.421 e. The van der Waals surface area contributed by atoms with E-state index in [-0.39, 0.29) is 0 Å². The molecule has 1 saturated heterocycles. The number of nitrogens with zero attached hydrogens (tertiary/aromatic N) is 2. The minimum Gasteiger partial charge on any atom is -0.421 e. The lowest BCUT2D eigenvalue weighted by Gasteiger charge is -2.28. The van der Waals surface area contributed by atoms with E-state index in [2.05, 4.69) is 4.98 Å². The molecule has 2 heterocycles. The highest BCUT2D eigenvalue weighted by Crippen LogP contribution is 2.27. The molecule has 1 fully saturated rings. The monoisotopic (exact) mass is 332 g/mol. The lowest BCUT2D eigenvalue weighted by atomic mass is 10.2. The minimum absolute atomic E-state index is 0.355. The fourth-order valence-electron chi connectivity index (χ4n) is 2.43. The molecule has 0 saturated carbocycles. The summed E-state index contributed by atoms with van der Waals surface area (Å²) in [5.41, 5.74) is 1.39. The molecule has 3 rings (SSSR count). The number of carbonyl (C=O) groups is 1. The first kappa shape index (κ1) is 15.8. The van der Waals surface area contributed by atoms with Gasteiger partial charge in [-0.25, -0.2) is 9.78 Å². The van der Waals surface area contributed by atoms with Crippen LogP contribution < -0.4 is 9.64 Å². The molecule has 1 aromatic heterocycles. The Morgan fingerprint density at radius 1 is 1.30 bits per heavy atom. The Morgan fingerprint density at radius 2 is 2.09 bits per heavy atom. The van der Waals surface area contributed by atoms with Gasteiger partial charge in [0.2, 0.25) is 0 Å². The molecule has 0 N–H and O–H groups in total. The maximum atomic E-state index is 12.6. The molecule has 6 heteroatoms. The van der Waals surface area contributed by atoms with E-state index in [1.165, 1.54) is 0 Å². The molecule has 1 aliphatic heterocycles. The highest BCUT2D eigenvalue weighted by molar-refractivity contribution is 6.32. The highest BCUT2D eigenvalue weighted by Gasteiger charge is 2.21. The molecule has 0 unspecified atom stereocenters. The van der Waals surface area contributed by atoms with Crippen LogP contribution in [0.1, 0.15) is 15.9 Å². The lowest BCUT2D eigenvalue weighted by molar-refractivity contribution is 0.0733. The van der Waals surface area contributed by atoms with Crippen LogP contribution >= 0.6 is 11.6 Å². The van der Waals surface area contributed by atoms with Gasteiger partial charge in [0, 0.05) is 19.3 Å². The number of rotatable bonds is 3. The fourth-order valence-corrected chi connectivity index (χ4v) is 2.58. The summed E-state index contributed by atoms with van der Waals surface area (Å²) in [5, 5.41) is 0.403. The van der Waals surface area contributed by atoms with E-state index in [1.54, 1.807) is 30.5 Å². The van der Waals surface area contributed by atoms with Crippen molar-refractivity contribution in [2.24, 2.45) is 0 Å². The smallest absolute Gasteiger partial charge is 0.347 e. The predicted molar refractivity (Wildman–Crippen MR) is 88.4 cm³/mol. The summed E-state index contributed by atoms with van der Waals surface area (Å²) in [6, 6.07) is 8.75. The van der Waals surface area contributed by atoms with Crippen LogP contribution in [0, 0.1) is 6.92 Å². The van der Waals surface area contributed by atoms with Gasteiger partial charge in [-0.15, -0.1) is 0 Å². The molecular formula is C17H17ClN2O3. The number of hydrogen-bond acceptors (Lipinski definition) is 5. The van der Waals surface area contributed by atoms with Crippen LogP contribution in [0.4, 0.5) is 5.82 Å². The van der Waals surface area contributed by atoms with Crippen LogP contribution in [0.2, 0.25) is 5.02 Å². The zero-order chi connectivity index (χ0) is 16.2. The van der Waals surface area contributed by atoms with Gasteiger partial charge in [-0.3, -0.25) is 0 Å². The van der Waals surface area contributed by atoms with E-state index in [0.29, 0.717) is 48.5 Å². The van der Waals surface area contributed by atoms with Crippen LogP contribution in [0.3, 0.4) is 0 Å². The second-order valence-corrected chi connectivity index (χ2v) is 5.70. The van der Waals surface area contributed by atoms with Crippen molar-refractivity contribution in [3.8, 4) is 5.75 Å². The summed E-state index contributed by atoms with van der Waals surface area (Å²) in [6.45, 7) is 4.55. The Balaban J connectivity index is 1.86. The first-order valence-corrected chi connectivity index (χ1v) is 7.79. The van der Waals surface area contributed by atoms with E-state index >= 15 is 0 Å². The molecule has 0 radical (unpaired) electrons. The average molecular weight is 333 g/mol. The lowest BCUT2D eigenvalue weighted by Crippen LogP contribution is -2.37. The maximum Gasteiger partial charge on any atom is 0.347 e. The van der Waals surface area contributed by atoms with Gasteiger partial charge in [-0.1, -0.05) is 17.7 Å². The number of aromatic nitrogens is 1. The topological polar surface area (TPSA) is 51.7 Å². The van der Waals surface area contributed by atoms with Gasteiger partial charge in [-0.2, -0.15) is 0 Å². The first-order valence-electron chi connectivity index (χ1n) is 7.41. The first-order chi connectivity index (χ1) is 11.1. The molecule has 1 aromatic carbocycles. The summed E-state index contributed by atoms with van der Waals surface area (Å²) in [4.78, 5) is 18.9. The SMILES string of the molecule is Cc1ccc(Cl)c(OC(=O)c2cccnc2N2CCOCC2)c1. The van der Waals surface area contributed by atoms with Gasteiger partial charge >= 0.3 is 5.97 Å². The van der Waals surface area contributed by atoms with Gasteiger partial charge in [0.05, 0.1) is 18.2 Å². The summed E-state index contributed by atoms with van der Waals surface area (Å²) < 4.78 is 10.8. The molecule has 0 spiro atoms. The zero-order valence-corrected chi connectivity index (χ0v) is 13.5. The second-order valence-electron chi connectivity index (χ2n) is 5.30. The van der Waals surface area contributed by atoms with E-state index in [4.69, 9.17) is 21.1 Å². The zero-order valence-electron chi connectivity index (χ0n) is 12.8. The number of benzene rings is 1. The van der Waals surface area contributed by atoms with Crippen molar-refractivity contribution >= 4 is 23.4 Å². The molecule has 0 aliphatic carbocycles. The molecule has 1 aliphatic rings. The number of aryl methyl sites for hydroxylation is 1. The van der Waals surface area contributed by atoms with Crippen LogP contribution in [0.15, 0.2) is 36.5 Å². The van der Waals surface area contributed by atoms with Crippen molar-refractivity contribution in [3.05, 3.63) is 52.7 Å². The van der Waals surface area contributed by atoms with Crippen LogP contribution in [0.25, 0.3) is 0 Å². The summed E-state index contributed by atoms with van der Waals surface area (Å²) in [6.07, 6.45) is 1.67. The third kappa shape index (κ3) is 3.63. The summed E-state index contributed by atoms with van der Waals surface area (Å²) >= 11 is 6.10. The highest BCUT2D eigenvalue weighted by atomic mass is 35.5. The molecule has 5 nitrogen and oxygen atoms in total. The number of pyridine rings is 1. The maximum absolute atomic E-state index is 12.6. The average Bonchev–Trinajstić information content (AvgIpc) is 2.59. The van der Waals surface area contributed by atoms with Crippen molar-refractivity contribution in [1.82, 2.24) is 4.98 Å². The second kappa shape index (κ2) is 6.98. The van der Waals surface area contributed by atoms with E-state index in [9.17, 15) is 4.79 Å². The Bertz CT molecular complexity index is 715. The molecule has 0 atom stereocenters. The quantitative estimate of drug-likeness (QED) is 0.638. The minimum atomic E-state index is -0.466. The molecule has 23 heavy (non-hydrogen) atoms. The van der Waals surface area contributed by atoms with Gasteiger partial charge in [-0.05, 0) is 36.8 Å². The Hall–Kier alpha value is -2.11. The number of carbonyl (C=O) groups excluding carboxylic acids is 1. The van der Waals surface area contributed by atoms with Gasteiger partial charge < -0.3 is 14.4 Å².